The molecule has 0 aromatic heterocycles. The molecule has 0 bridgehead atoms. The van der Waals surface area contributed by atoms with Crippen molar-refractivity contribution >= 4 is 17.5 Å². The molecular formula is C20H27N4O2. The molecule has 139 valence electrons. The first-order valence-electron chi connectivity index (χ1n) is 9.40. The van der Waals surface area contributed by atoms with Gasteiger partial charge in [-0.1, -0.05) is 12.1 Å². The quantitative estimate of drug-likeness (QED) is 0.830. The van der Waals surface area contributed by atoms with Gasteiger partial charge in [-0.25, -0.2) is 0 Å². The minimum atomic E-state index is -0.680. The Morgan fingerprint density at radius 2 is 1.96 bits per heavy atom. The standard InChI is InChI=1S/C20H27N4O2/c1-22(2)13-11-20(9-10-20)14-5-7-15(8-6-14)24-18(17(21)25)23-12-3-4-16(23)19(24)26/h4-8,16,18H,3,9-13H2,1-2H3,(H2,21,25)/t16-,18?/m0/s1. The number of benzene rings is 1. The van der Waals surface area contributed by atoms with Crippen LogP contribution in [0, 0.1) is 6.42 Å². The zero-order valence-corrected chi connectivity index (χ0v) is 15.5. The Balaban J connectivity index is 1.57. The maximum absolute atomic E-state index is 12.8. The van der Waals surface area contributed by atoms with Crippen LogP contribution in [0.15, 0.2) is 24.3 Å². The molecule has 2 N–H and O–H groups in total. The number of anilines is 1. The van der Waals surface area contributed by atoms with Crippen LogP contribution in [0.1, 0.15) is 31.2 Å². The second kappa shape index (κ2) is 6.35. The Kier molecular flexibility index (Phi) is 4.28. The molecule has 4 rings (SSSR count). The van der Waals surface area contributed by atoms with E-state index in [4.69, 9.17) is 5.73 Å². The third-order valence-electron chi connectivity index (χ3n) is 6.09. The number of carbonyl (C=O) groups is 2. The third kappa shape index (κ3) is 2.81. The molecule has 6 heteroatoms. The molecule has 2 aliphatic heterocycles. The number of amides is 2. The molecule has 6 nitrogen and oxygen atoms in total. The van der Waals surface area contributed by atoms with Crippen molar-refractivity contribution in [2.45, 2.75) is 43.3 Å². The summed E-state index contributed by atoms with van der Waals surface area (Å²) >= 11 is 0. The Morgan fingerprint density at radius 3 is 2.54 bits per heavy atom. The van der Waals surface area contributed by atoms with Gasteiger partial charge in [-0.15, -0.1) is 0 Å². The summed E-state index contributed by atoms with van der Waals surface area (Å²) in [5.41, 5.74) is 8.00. The van der Waals surface area contributed by atoms with Crippen molar-refractivity contribution in [3.63, 3.8) is 0 Å². The molecule has 1 radical (unpaired) electrons. The first-order chi connectivity index (χ1) is 12.4. The summed E-state index contributed by atoms with van der Waals surface area (Å²) in [6.45, 7) is 1.77. The summed E-state index contributed by atoms with van der Waals surface area (Å²) in [5, 5.41) is 0. The fourth-order valence-electron chi connectivity index (χ4n) is 4.39. The molecule has 0 spiro atoms. The Morgan fingerprint density at radius 1 is 1.27 bits per heavy atom. The highest BCUT2D eigenvalue weighted by Gasteiger charge is 2.51. The summed E-state index contributed by atoms with van der Waals surface area (Å²) in [7, 11) is 4.21. The smallest absolute Gasteiger partial charge is 0.255 e. The highest BCUT2D eigenvalue weighted by atomic mass is 16.2. The van der Waals surface area contributed by atoms with Gasteiger partial charge in [0.25, 0.3) is 5.91 Å². The lowest BCUT2D eigenvalue weighted by atomic mass is 9.92. The van der Waals surface area contributed by atoms with E-state index in [-0.39, 0.29) is 17.4 Å². The number of fused-ring (bicyclic) bond motifs is 1. The van der Waals surface area contributed by atoms with Gasteiger partial charge in [0.2, 0.25) is 5.91 Å². The lowest BCUT2D eigenvalue weighted by Crippen LogP contribution is -2.49. The Bertz CT molecular complexity index is 711. The number of hydrogen-bond donors (Lipinski definition) is 1. The summed E-state index contributed by atoms with van der Waals surface area (Å²) in [4.78, 5) is 30.5. The minimum Gasteiger partial charge on any atom is -0.367 e. The summed E-state index contributed by atoms with van der Waals surface area (Å²) < 4.78 is 0. The number of hydrogen-bond acceptors (Lipinski definition) is 4. The Labute approximate surface area is 154 Å². The van der Waals surface area contributed by atoms with Crippen LogP contribution in [-0.2, 0) is 15.0 Å². The zero-order valence-electron chi connectivity index (χ0n) is 15.5. The van der Waals surface area contributed by atoms with Gasteiger partial charge in [0.15, 0.2) is 6.17 Å². The molecule has 1 aromatic rings. The summed E-state index contributed by atoms with van der Waals surface area (Å²) in [6.07, 6.45) is 5.71. The molecule has 26 heavy (non-hydrogen) atoms. The molecule has 2 amide bonds. The monoisotopic (exact) mass is 355 g/mol. The molecule has 2 saturated heterocycles. The van der Waals surface area contributed by atoms with Crippen molar-refractivity contribution in [2.75, 3.05) is 32.1 Å². The highest BCUT2D eigenvalue weighted by molar-refractivity contribution is 6.06. The number of nitrogens with zero attached hydrogens (tertiary/aromatic N) is 3. The second-order valence-electron chi connectivity index (χ2n) is 8.07. The molecule has 1 unspecified atom stereocenters. The molecular weight excluding hydrogens is 328 g/mol. The SMILES string of the molecule is CN(C)CCC1(c2ccc(N3C(=O)[C@@H]4[CH]CCN4C3C(N)=O)cc2)CC1. The summed E-state index contributed by atoms with van der Waals surface area (Å²) in [6, 6.07) is 7.87. The predicted molar refractivity (Wildman–Crippen MR) is 100 cm³/mol. The lowest BCUT2D eigenvalue weighted by molar-refractivity contribution is -0.122. The number of rotatable bonds is 6. The molecule has 3 fully saturated rings. The number of nitrogens with two attached hydrogens (primary N) is 1. The highest BCUT2D eigenvalue weighted by Crippen LogP contribution is 2.51. The fourth-order valence-corrected chi connectivity index (χ4v) is 4.39. The van der Waals surface area contributed by atoms with Crippen molar-refractivity contribution in [1.82, 2.24) is 9.80 Å². The van der Waals surface area contributed by atoms with Crippen LogP contribution < -0.4 is 10.6 Å². The number of carbonyl (C=O) groups excluding carboxylic acids is 2. The van der Waals surface area contributed by atoms with E-state index in [2.05, 4.69) is 31.1 Å². The molecule has 1 saturated carbocycles. The van der Waals surface area contributed by atoms with E-state index in [0.717, 1.165) is 25.1 Å². The largest absolute Gasteiger partial charge is 0.367 e. The lowest BCUT2D eigenvalue weighted by Gasteiger charge is -2.27. The van der Waals surface area contributed by atoms with Crippen LogP contribution in [0.5, 0.6) is 0 Å². The average Bonchev–Trinajstić information content (AvgIpc) is 3.15. The van der Waals surface area contributed by atoms with E-state index < -0.39 is 12.1 Å². The van der Waals surface area contributed by atoms with Crippen LogP contribution in [-0.4, -0.2) is 61.0 Å². The van der Waals surface area contributed by atoms with E-state index in [0.29, 0.717) is 6.54 Å². The van der Waals surface area contributed by atoms with Crippen molar-refractivity contribution in [3.8, 4) is 0 Å². The third-order valence-corrected chi connectivity index (χ3v) is 6.09. The average molecular weight is 355 g/mol. The van der Waals surface area contributed by atoms with Gasteiger partial charge in [0, 0.05) is 12.2 Å². The van der Waals surface area contributed by atoms with E-state index in [1.165, 1.54) is 18.4 Å². The van der Waals surface area contributed by atoms with Crippen LogP contribution in [0.4, 0.5) is 5.69 Å². The van der Waals surface area contributed by atoms with Gasteiger partial charge in [-0.3, -0.25) is 19.4 Å². The van der Waals surface area contributed by atoms with Gasteiger partial charge in [0.05, 0.1) is 6.04 Å². The van der Waals surface area contributed by atoms with E-state index in [1.54, 1.807) is 4.90 Å². The van der Waals surface area contributed by atoms with Crippen LogP contribution in [0.3, 0.4) is 0 Å². The van der Waals surface area contributed by atoms with Gasteiger partial charge in [-0.05, 0) is 75.9 Å². The minimum absolute atomic E-state index is 0.0483. The topological polar surface area (TPSA) is 69.9 Å². The normalized spacial score (nSPS) is 27.2. The predicted octanol–water partition coefficient (Wildman–Crippen LogP) is 1.11. The maximum atomic E-state index is 12.8. The van der Waals surface area contributed by atoms with Crippen LogP contribution in [0.2, 0.25) is 0 Å². The van der Waals surface area contributed by atoms with Crippen LogP contribution >= 0.6 is 0 Å². The van der Waals surface area contributed by atoms with Gasteiger partial charge < -0.3 is 10.6 Å². The fraction of sp³-hybridized carbons (Fsp3) is 0.550. The molecule has 2 atom stereocenters. The Hall–Kier alpha value is -1.92. The van der Waals surface area contributed by atoms with Gasteiger partial charge in [-0.2, -0.15) is 0 Å². The number of primary amides is 1. The van der Waals surface area contributed by atoms with Crippen LogP contribution in [0.25, 0.3) is 0 Å². The molecule has 1 aliphatic carbocycles. The van der Waals surface area contributed by atoms with Crippen molar-refractivity contribution in [3.05, 3.63) is 36.2 Å². The van der Waals surface area contributed by atoms with Gasteiger partial charge in [0.1, 0.15) is 0 Å². The van der Waals surface area contributed by atoms with Crippen molar-refractivity contribution < 1.29 is 9.59 Å². The van der Waals surface area contributed by atoms with E-state index in [1.807, 2.05) is 23.5 Å². The zero-order chi connectivity index (χ0) is 18.5. The first kappa shape index (κ1) is 17.5. The van der Waals surface area contributed by atoms with E-state index >= 15 is 0 Å². The summed E-state index contributed by atoms with van der Waals surface area (Å²) in [5.74, 6) is -0.516. The van der Waals surface area contributed by atoms with Gasteiger partial charge >= 0.3 is 0 Å². The first-order valence-corrected chi connectivity index (χ1v) is 9.40. The maximum Gasteiger partial charge on any atom is 0.255 e. The molecule has 2 heterocycles. The van der Waals surface area contributed by atoms with E-state index in [9.17, 15) is 9.59 Å². The second-order valence-corrected chi connectivity index (χ2v) is 8.07. The van der Waals surface area contributed by atoms with Crippen molar-refractivity contribution in [1.29, 1.82) is 0 Å². The van der Waals surface area contributed by atoms with Crippen molar-refractivity contribution in [2.24, 2.45) is 5.73 Å². The molecule has 3 aliphatic rings. The molecule has 1 aromatic carbocycles.